The molecule has 0 bridgehead atoms. The highest BCUT2D eigenvalue weighted by Gasteiger charge is 2.39. The van der Waals surface area contributed by atoms with Crippen LogP contribution in [0.5, 0.6) is 0 Å². The Morgan fingerprint density at radius 1 is 1.46 bits per heavy atom. The van der Waals surface area contributed by atoms with Crippen molar-refractivity contribution in [2.45, 2.75) is 63.5 Å². The molecule has 5 unspecified atom stereocenters. The molecule has 1 rings (SSSR count). The van der Waals surface area contributed by atoms with E-state index < -0.39 is 43.2 Å². The van der Waals surface area contributed by atoms with E-state index in [-0.39, 0.29) is 25.0 Å². The van der Waals surface area contributed by atoms with Gasteiger partial charge in [-0.15, -0.1) is 9.24 Å². The number of nitrogens with one attached hydrogen (secondary N) is 1. The lowest BCUT2D eigenvalue weighted by Gasteiger charge is -2.40. The highest BCUT2D eigenvalue weighted by atomic mass is 31.0. The standard InChI is InChI=1S/C15H26NO9P/c1-8-14(16-9(2)19)10(4-12(20)23-8)24-13(6-26)25-15(22-7-18)11(5-17)21-3/h5,7-8,10-15,20H,4,6,26H2,1-3H3,(H,16,19)/t8-,10?,11?,12?,13+,14+,15?/m0/s1. The van der Waals surface area contributed by atoms with Gasteiger partial charge in [-0.25, -0.2) is 0 Å². The monoisotopic (exact) mass is 395 g/mol. The topological polar surface area (TPSA) is 130 Å². The maximum atomic E-state index is 11.4. The van der Waals surface area contributed by atoms with Gasteiger partial charge >= 0.3 is 0 Å². The van der Waals surface area contributed by atoms with Gasteiger partial charge in [-0.1, -0.05) is 0 Å². The van der Waals surface area contributed by atoms with E-state index >= 15 is 0 Å². The minimum absolute atomic E-state index is 0.0976. The summed E-state index contributed by atoms with van der Waals surface area (Å²) in [6, 6.07) is -0.520. The van der Waals surface area contributed by atoms with Gasteiger partial charge in [0.2, 0.25) is 12.2 Å². The molecule has 0 radical (unpaired) electrons. The van der Waals surface area contributed by atoms with Crippen LogP contribution in [-0.4, -0.2) is 80.3 Å². The third kappa shape index (κ3) is 6.86. The molecule has 10 nitrogen and oxygen atoms in total. The van der Waals surface area contributed by atoms with Crippen molar-refractivity contribution in [1.82, 2.24) is 5.32 Å². The summed E-state index contributed by atoms with van der Waals surface area (Å²) in [6.45, 7) is 3.20. The van der Waals surface area contributed by atoms with Gasteiger partial charge < -0.3 is 38.9 Å². The molecule has 1 fully saturated rings. The van der Waals surface area contributed by atoms with Crippen molar-refractivity contribution >= 4 is 27.9 Å². The molecule has 2 N–H and O–H groups in total. The van der Waals surface area contributed by atoms with Crippen LogP contribution in [0.3, 0.4) is 0 Å². The summed E-state index contributed by atoms with van der Waals surface area (Å²) in [5.41, 5.74) is 0. The van der Waals surface area contributed by atoms with Gasteiger partial charge in [-0.3, -0.25) is 9.59 Å². The average molecular weight is 395 g/mol. The molecule has 0 aromatic rings. The molecule has 0 aliphatic carbocycles. The van der Waals surface area contributed by atoms with Crippen molar-refractivity contribution in [3.63, 3.8) is 0 Å². The van der Waals surface area contributed by atoms with Crippen LogP contribution < -0.4 is 5.32 Å². The molecule has 1 amide bonds. The van der Waals surface area contributed by atoms with E-state index in [0.29, 0.717) is 6.29 Å². The van der Waals surface area contributed by atoms with Crippen molar-refractivity contribution in [2.24, 2.45) is 0 Å². The normalized spacial score (nSPS) is 29.3. The number of aliphatic hydroxyl groups is 1. The molecule has 0 saturated carbocycles. The predicted molar refractivity (Wildman–Crippen MR) is 90.9 cm³/mol. The van der Waals surface area contributed by atoms with Crippen molar-refractivity contribution in [2.75, 3.05) is 13.3 Å². The first-order valence-electron chi connectivity index (χ1n) is 8.05. The number of aliphatic hydroxyl groups excluding tert-OH is 1. The molecule has 1 saturated heterocycles. The third-order valence-corrected chi connectivity index (χ3v) is 4.14. The smallest absolute Gasteiger partial charge is 0.295 e. The third-order valence-electron chi connectivity index (χ3n) is 3.75. The molecule has 150 valence electrons. The van der Waals surface area contributed by atoms with Crippen LogP contribution in [0.15, 0.2) is 0 Å². The molecule has 0 aromatic carbocycles. The molecule has 0 aromatic heterocycles. The van der Waals surface area contributed by atoms with E-state index in [2.05, 4.69) is 14.6 Å². The van der Waals surface area contributed by atoms with Crippen molar-refractivity contribution in [3.8, 4) is 0 Å². The maximum absolute atomic E-state index is 11.4. The Bertz CT molecular complexity index is 466. The SMILES string of the molecule is COC(C=O)C(OC=O)O[C@H](CP)OC1CC(O)O[C@@H](C)[C@H]1NC(C)=O. The number of methoxy groups -OCH3 is 1. The van der Waals surface area contributed by atoms with Crippen LogP contribution in [0.2, 0.25) is 0 Å². The Labute approximate surface area is 154 Å². The fraction of sp³-hybridized carbons (Fsp3) is 0.800. The maximum Gasteiger partial charge on any atom is 0.295 e. The fourth-order valence-corrected chi connectivity index (χ4v) is 2.80. The lowest BCUT2D eigenvalue weighted by atomic mass is 9.99. The predicted octanol–water partition coefficient (Wildman–Crippen LogP) is -1.07. The quantitative estimate of drug-likeness (QED) is 0.255. The van der Waals surface area contributed by atoms with Gasteiger partial charge in [0, 0.05) is 26.6 Å². The molecule has 8 atom stereocenters. The van der Waals surface area contributed by atoms with Gasteiger partial charge in [0.1, 0.15) is 0 Å². The zero-order valence-electron chi connectivity index (χ0n) is 14.9. The van der Waals surface area contributed by atoms with Crippen molar-refractivity contribution < 1.29 is 43.2 Å². The van der Waals surface area contributed by atoms with E-state index in [0.717, 1.165) is 0 Å². The highest BCUT2D eigenvalue weighted by molar-refractivity contribution is 7.16. The Balaban J connectivity index is 2.85. The van der Waals surface area contributed by atoms with E-state index in [4.69, 9.17) is 23.7 Å². The number of hydrogen-bond donors (Lipinski definition) is 2. The summed E-state index contributed by atoms with van der Waals surface area (Å²) in [7, 11) is 3.67. The summed E-state index contributed by atoms with van der Waals surface area (Å²) >= 11 is 0. The number of rotatable bonds is 11. The Morgan fingerprint density at radius 2 is 2.15 bits per heavy atom. The molecule has 26 heavy (non-hydrogen) atoms. The summed E-state index contributed by atoms with van der Waals surface area (Å²) in [4.78, 5) is 33.1. The number of carbonyl (C=O) groups is 3. The van der Waals surface area contributed by atoms with Crippen LogP contribution in [0.4, 0.5) is 0 Å². The zero-order valence-corrected chi connectivity index (χ0v) is 16.1. The largest absolute Gasteiger partial charge is 0.434 e. The second-order valence-corrected chi connectivity index (χ2v) is 6.14. The number of carbonyl (C=O) groups excluding carboxylic acids is 3. The Hall–Kier alpha value is -1.16. The first-order valence-corrected chi connectivity index (χ1v) is 8.86. The second kappa shape index (κ2) is 11.5. The summed E-state index contributed by atoms with van der Waals surface area (Å²) in [6.07, 6.45) is -4.73. The molecule has 1 aliphatic rings. The van der Waals surface area contributed by atoms with Crippen LogP contribution in [0.1, 0.15) is 20.3 Å². The van der Waals surface area contributed by atoms with E-state index in [1.54, 1.807) is 6.92 Å². The lowest BCUT2D eigenvalue weighted by Crippen LogP contribution is -2.57. The molecular weight excluding hydrogens is 369 g/mol. The number of ether oxygens (including phenoxy) is 5. The first kappa shape index (κ1) is 22.9. The lowest BCUT2D eigenvalue weighted by molar-refractivity contribution is -0.282. The van der Waals surface area contributed by atoms with Crippen molar-refractivity contribution in [3.05, 3.63) is 0 Å². The van der Waals surface area contributed by atoms with Gasteiger partial charge in [0.15, 0.2) is 25.0 Å². The van der Waals surface area contributed by atoms with E-state index in [1.807, 2.05) is 0 Å². The van der Waals surface area contributed by atoms with Gasteiger partial charge in [-0.2, -0.15) is 0 Å². The van der Waals surface area contributed by atoms with E-state index in [1.165, 1.54) is 14.0 Å². The molecular formula is C15H26NO9P. The Kier molecular flexibility index (Phi) is 10.1. The molecule has 11 heteroatoms. The zero-order chi connectivity index (χ0) is 19.7. The first-order chi connectivity index (χ1) is 12.4. The summed E-state index contributed by atoms with van der Waals surface area (Å²) < 4.78 is 26.3. The minimum atomic E-state index is -1.30. The van der Waals surface area contributed by atoms with Gasteiger partial charge in [-0.05, 0) is 6.92 Å². The minimum Gasteiger partial charge on any atom is -0.434 e. The number of aldehydes is 1. The highest BCUT2D eigenvalue weighted by Crippen LogP contribution is 2.24. The second-order valence-electron chi connectivity index (χ2n) is 5.67. The fourth-order valence-electron chi connectivity index (χ4n) is 2.58. The van der Waals surface area contributed by atoms with Crippen LogP contribution in [0, 0.1) is 0 Å². The van der Waals surface area contributed by atoms with Crippen LogP contribution in [-0.2, 0) is 38.1 Å². The van der Waals surface area contributed by atoms with E-state index in [9.17, 15) is 19.5 Å². The molecule has 1 aliphatic heterocycles. The van der Waals surface area contributed by atoms with Gasteiger partial charge in [0.05, 0.1) is 18.2 Å². The average Bonchev–Trinajstić information content (AvgIpc) is 2.58. The van der Waals surface area contributed by atoms with Crippen LogP contribution in [0.25, 0.3) is 0 Å². The van der Waals surface area contributed by atoms with Gasteiger partial charge in [0.25, 0.3) is 6.47 Å². The number of amides is 1. The molecule has 1 heterocycles. The Morgan fingerprint density at radius 3 is 2.65 bits per heavy atom. The van der Waals surface area contributed by atoms with Crippen LogP contribution >= 0.6 is 9.24 Å². The molecule has 0 spiro atoms. The summed E-state index contributed by atoms with van der Waals surface area (Å²) in [5, 5.41) is 12.5. The van der Waals surface area contributed by atoms with Crippen molar-refractivity contribution in [1.29, 1.82) is 0 Å². The summed E-state index contributed by atoms with van der Waals surface area (Å²) in [5.74, 6) is -0.277. The number of hydrogen-bond acceptors (Lipinski definition) is 9.